The fourth-order valence-corrected chi connectivity index (χ4v) is 1.79. The number of benzene rings is 1. The van der Waals surface area contributed by atoms with Crippen molar-refractivity contribution in [1.29, 1.82) is 0 Å². The molecule has 3 rings (SSSR count). The molecule has 0 bridgehead atoms. The van der Waals surface area contributed by atoms with Crippen LogP contribution in [0.3, 0.4) is 0 Å². The first-order valence-electron chi connectivity index (χ1n) is 5.80. The van der Waals surface area contributed by atoms with E-state index in [2.05, 4.69) is 15.3 Å². The van der Waals surface area contributed by atoms with E-state index in [0.717, 1.165) is 10.9 Å². The minimum absolute atomic E-state index is 0.263. The summed E-state index contributed by atoms with van der Waals surface area (Å²) in [5, 5.41) is 3.55. The molecule has 0 saturated carbocycles. The highest BCUT2D eigenvalue weighted by Crippen LogP contribution is 2.21. The van der Waals surface area contributed by atoms with Crippen LogP contribution in [-0.4, -0.2) is 15.9 Å². The molecule has 0 radical (unpaired) electrons. The minimum atomic E-state index is -0.326. The maximum Gasteiger partial charge on any atom is 0.292 e. The molecule has 0 atom stereocenters. The van der Waals surface area contributed by atoms with E-state index >= 15 is 0 Å². The van der Waals surface area contributed by atoms with Gasteiger partial charge in [0.2, 0.25) is 0 Å². The first-order chi connectivity index (χ1) is 9.22. The van der Waals surface area contributed by atoms with Gasteiger partial charge in [-0.25, -0.2) is 9.97 Å². The van der Waals surface area contributed by atoms with Crippen molar-refractivity contribution in [3.8, 4) is 0 Å². The number of carbonyl (C=O) groups excluding carboxylic acids is 1. The van der Waals surface area contributed by atoms with Gasteiger partial charge in [0.15, 0.2) is 5.76 Å². The van der Waals surface area contributed by atoms with Gasteiger partial charge in [-0.05, 0) is 30.7 Å². The third-order valence-corrected chi connectivity index (χ3v) is 2.72. The molecule has 0 unspecified atom stereocenters. The lowest BCUT2D eigenvalue weighted by Crippen LogP contribution is -2.11. The van der Waals surface area contributed by atoms with Crippen LogP contribution in [0.2, 0.25) is 0 Å². The molecule has 1 amide bonds. The fraction of sp³-hybridized carbons (Fsp3) is 0.0714. The van der Waals surface area contributed by atoms with Gasteiger partial charge in [-0.1, -0.05) is 12.1 Å². The summed E-state index contributed by atoms with van der Waals surface area (Å²) in [6, 6.07) is 9.13. The van der Waals surface area contributed by atoms with Crippen LogP contribution >= 0.6 is 0 Å². The molecule has 0 saturated heterocycles. The van der Waals surface area contributed by atoms with Gasteiger partial charge in [0.1, 0.15) is 17.7 Å². The van der Waals surface area contributed by atoms with E-state index in [4.69, 9.17) is 4.42 Å². The van der Waals surface area contributed by atoms with E-state index in [9.17, 15) is 4.79 Å². The zero-order valence-corrected chi connectivity index (χ0v) is 10.3. The number of aryl methyl sites for hydroxylation is 1. The number of rotatable bonds is 2. The summed E-state index contributed by atoms with van der Waals surface area (Å²) in [5.74, 6) is 0.378. The average Bonchev–Trinajstić information content (AvgIpc) is 2.83. The van der Waals surface area contributed by atoms with Crippen molar-refractivity contribution >= 4 is 22.7 Å². The van der Waals surface area contributed by atoms with E-state index < -0.39 is 0 Å². The maximum absolute atomic E-state index is 12.0. The Balaban J connectivity index is 1.89. The Kier molecular flexibility index (Phi) is 2.72. The SMILES string of the molecule is Cc1ccc2cc(C(=O)Nc3ccncn3)oc2c1. The highest BCUT2D eigenvalue weighted by Gasteiger charge is 2.12. The topological polar surface area (TPSA) is 68.0 Å². The van der Waals surface area contributed by atoms with Crippen molar-refractivity contribution in [1.82, 2.24) is 9.97 Å². The van der Waals surface area contributed by atoms with Crippen LogP contribution in [0.15, 0.2) is 47.3 Å². The van der Waals surface area contributed by atoms with Gasteiger partial charge in [0, 0.05) is 11.6 Å². The van der Waals surface area contributed by atoms with E-state index in [1.165, 1.54) is 6.33 Å². The first kappa shape index (κ1) is 11.4. The van der Waals surface area contributed by atoms with Gasteiger partial charge in [-0.15, -0.1) is 0 Å². The number of nitrogens with one attached hydrogen (secondary N) is 1. The van der Waals surface area contributed by atoms with Crippen LogP contribution in [0.4, 0.5) is 5.82 Å². The van der Waals surface area contributed by atoms with Gasteiger partial charge in [-0.2, -0.15) is 0 Å². The molecule has 19 heavy (non-hydrogen) atoms. The first-order valence-corrected chi connectivity index (χ1v) is 5.80. The molecule has 0 aliphatic carbocycles. The Labute approximate surface area is 109 Å². The predicted molar refractivity (Wildman–Crippen MR) is 70.9 cm³/mol. The Hall–Kier alpha value is -2.69. The molecule has 0 aliphatic rings. The van der Waals surface area contributed by atoms with Gasteiger partial charge in [0.25, 0.3) is 5.91 Å². The molecule has 1 aromatic carbocycles. The van der Waals surface area contributed by atoms with E-state index in [1.807, 2.05) is 25.1 Å². The number of hydrogen-bond donors (Lipinski definition) is 1. The quantitative estimate of drug-likeness (QED) is 0.762. The number of furan rings is 1. The summed E-state index contributed by atoms with van der Waals surface area (Å²) in [7, 11) is 0. The van der Waals surface area contributed by atoms with Gasteiger partial charge in [-0.3, -0.25) is 4.79 Å². The molecule has 0 aliphatic heterocycles. The van der Waals surface area contributed by atoms with Gasteiger partial charge in [0.05, 0.1) is 0 Å². The number of hydrogen-bond acceptors (Lipinski definition) is 4. The molecule has 94 valence electrons. The zero-order valence-electron chi connectivity index (χ0n) is 10.3. The smallest absolute Gasteiger partial charge is 0.292 e. The average molecular weight is 253 g/mol. The molecular formula is C14H11N3O2. The standard InChI is InChI=1S/C14H11N3O2/c1-9-2-3-10-7-12(19-11(10)6-9)14(18)17-13-4-5-15-8-16-13/h2-8H,1H3,(H,15,16,17,18). The third-order valence-electron chi connectivity index (χ3n) is 2.72. The van der Waals surface area contributed by atoms with Crippen LogP contribution in [-0.2, 0) is 0 Å². The van der Waals surface area contributed by atoms with Crippen LogP contribution < -0.4 is 5.32 Å². The number of fused-ring (bicyclic) bond motifs is 1. The normalized spacial score (nSPS) is 10.6. The largest absolute Gasteiger partial charge is 0.451 e. The Morgan fingerprint density at radius 1 is 1.26 bits per heavy atom. The van der Waals surface area contributed by atoms with Crippen LogP contribution in [0.5, 0.6) is 0 Å². The maximum atomic E-state index is 12.0. The van der Waals surface area contributed by atoms with E-state index in [-0.39, 0.29) is 11.7 Å². The zero-order chi connectivity index (χ0) is 13.2. The van der Waals surface area contributed by atoms with Crippen molar-refractivity contribution in [2.24, 2.45) is 0 Å². The lowest BCUT2D eigenvalue weighted by atomic mass is 10.2. The highest BCUT2D eigenvalue weighted by atomic mass is 16.3. The molecule has 1 N–H and O–H groups in total. The van der Waals surface area contributed by atoms with Crippen LogP contribution in [0, 0.1) is 6.92 Å². The molecule has 2 aromatic heterocycles. The molecule has 3 aromatic rings. The third kappa shape index (κ3) is 2.30. The molecule has 0 spiro atoms. The second-order valence-corrected chi connectivity index (χ2v) is 4.20. The summed E-state index contributed by atoms with van der Waals surface area (Å²) in [6.45, 7) is 1.97. The highest BCUT2D eigenvalue weighted by molar-refractivity contribution is 6.04. The second-order valence-electron chi connectivity index (χ2n) is 4.20. The molecule has 5 nitrogen and oxygen atoms in total. The van der Waals surface area contributed by atoms with Gasteiger partial charge >= 0.3 is 0 Å². The molecule has 5 heteroatoms. The lowest BCUT2D eigenvalue weighted by Gasteiger charge is -1.99. The van der Waals surface area contributed by atoms with Crippen LogP contribution in [0.1, 0.15) is 16.1 Å². The predicted octanol–water partition coefficient (Wildman–Crippen LogP) is 2.78. The summed E-state index contributed by atoms with van der Waals surface area (Å²) in [4.78, 5) is 19.7. The minimum Gasteiger partial charge on any atom is -0.451 e. The van der Waals surface area contributed by atoms with Crippen molar-refractivity contribution in [2.45, 2.75) is 6.92 Å². The summed E-state index contributed by atoms with van der Waals surface area (Å²) in [5.41, 5.74) is 1.79. The number of aromatic nitrogens is 2. The molecular weight excluding hydrogens is 242 g/mol. The lowest BCUT2D eigenvalue weighted by molar-refractivity contribution is 0.0998. The van der Waals surface area contributed by atoms with Crippen molar-refractivity contribution in [3.05, 3.63) is 54.2 Å². The van der Waals surface area contributed by atoms with Crippen molar-refractivity contribution < 1.29 is 9.21 Å². The summed E-state index contributed by atoms with van der Waals surface area (Å²) >= 11 is 0. The Morgan fingerprint density at radius 3 is 2.95 bits per heavy atom. The number of amides is 1. The second kappa shape index (κ2) is 4.53. The van der Waals surface area contributed by atoms with Crippen molar-refractivity contribution in [3.63, 3.8) is 0 Å². The Bertz CT molecular complexity index is 735. The Morgan fingerprint density at radius 2 is 2.16 bits per heavy atom. The van der Waals surface area contributed by atoms with Crippen LogP contribution in [0.25, 0.3) is 11.0 Å². The fourth-order valence-electron chi connectivity index (χ4n) is 1.79. The number of nitrogens with zero attached hydrogens (tertiary/aromatic N) is 2. The molecule has 2 heterocycles. The monoisotopic (exact) mass is 253 g/mol. The van der Waals surface area contributed by atoms with E-state index in [0.29, 0.717) is 11.4 Å². The summed E-state index contributed by atoms with van der Waals surface area (Å²) < 4.78 is 5.53. The van der Waals surface area contributed by atoms with E-state index in [1.54, 1.807) is 18.3 Å². The number of anilines is 1. The number of carbonyl (C=O) groups is 1. The molecule has 0 fully saturated rings. The summed E-state index contributed by atoms with van der Waals surface area (Å²) in [6.07, 6.45) is 2.93. The van der Waals surface area contributed by atoms with Crippen molar-refractivity contribution in [2.75, 3.05) is 5.32 Å². The van der Waals surface area contributed by atoms with Gasteiger partial charge < -0.3 is 9.73 Å².